The third kappa shape index (κ3) is 4.99. The quantitative estimate of drug-likeness (QED) is 0.751. The lowest BCUT2D eigenvalue weighted by atomic mass is 9.97. The van der Waals surface area contributed by atoms with Gasteiger partial charge in [-0.15, -0.1) is 0 Å². The molecule has 0 unspecified atom stereocenters. The molecule has 1 atom stereocenters. The molecule has 0 heterocycles. The third-order valence-electron chi connectivity index (χ3n) is 4.47. The Hall–Kier alpha value is -2.49. The van der Waals surface area contributed by atoms with Crippen molar-refractivity contribution in [2.75, 3.05) is 19.5 Å². The molecule has 134 valence electrons. The lowest BCUT2D eigenvalue weighted by Gasteiger charge is -2.15. The summed E-state index contributed by atoms with van der Waals surface area (Å²) in [4.78, 5) is 12.4. The second-order valence-corrected chi connectivity index (χ2v) is 6.13. The van der Waals surface area contributed by atoms with Gasteiger partial charge in [-0.25, -0.2) is 0 Å². The Bertz CT molecular complexity index is 712. The molecule has 0 aromatic heterocycles. The fourth-order valence-corrected chi connectivity index (χ4v) is 2.77. The summed E-state index contributed by atoms with van der Waals surface area (Å²) in [6, 6.07) is 13.8. The Balaban J connectivity index is 2.00. The van der Waals surface area contributed by atoms with Gasteiger partial charge >= 0.3 is 0 Å². The van der Waals surface area contributed by atoms with Crippen molar-refractivity contribution >= 4 is 11.6 Å². The van der Waals surface area contributed by atoms with E-state index in [1.807, 2.05) is 36.4 Å². The van der Waals surface area contributed by atoms with E-state index in [0.717, 1.165) is 17.7 Å². The van der Waals surface area contributed by atoms with Crippen LogP contribution in [0.4, 0.5) is 5.69 Å². The first-order chi connectivity index (χ1) is 12.1. The third-order valence-corrected chi connectivity index (χ3v) is 4.47. The maximum Gasteiger partial charge on any atom is 0.224 e. The maximum absolute atomic E-state index is 12.4. The Morgan fingerprint density at radius 2 is 1.80 bits per heavy atom. The Labute approximate surface area is 150 Å². The molecule has 0 saturated heterocycles. The molecule has 0 bridgehead atoms. The first kappa shape index (κ1) is 18.8. The molecule has 4 nitrogen and oxygen atoms in total. The number of ether oxygens (including phenoxy) is 2. The van der Waals surface area contributed by atoms with Crippen molar-refractivity contribution < 1.29 is 14.3 Å². The van der Waals surface area contributed by atoms with Crippen molar-refractivity contribution in [2.24, 2.45) is 0 Å². The van der Waals surface area contributed by atoms with Crippen LogP contribution in [0.5, 0.6) is 11.5 Å². The second-order valence-electron chi connectivity index (χ2n) is 6.13. The minimum atomic E-state index is 0.0190. The summed E-state index contributed by atoms with van der Waals surface area (Å²) in [7, 11) is 3.22. The highest BCUT2D eigenvalue weighted by molar-refractivity contribution is 5.91. The van der Waals surface area contributed by atoms with E-state index in [2.05, 4.69) is 25.2 Å². The molecule has 0 fully saturated rings. The molecule has 2 aromatic rings. The van der Waals surface area contributed by atoms with Crippen LogP contribution in [0.2, 0.25) is 0 Å². The van der Waals surface area contributed by atoms with Gasteiger partial charge in [-0.05, 0) is 48.1 Å². The summed E-state index contributed by atoms with van der Waals surface area (Å²) in [6.07, 6.45) is 2.11. The number of methoxy groups -OCH3 is 2. The molecule has 0 aliphatic heterocycles. The number of benzene rings is 2. The van der Waals surface area contributed by atoms with Crippen LogP contribution in [0.1, 0.15) is 43.7 Å². The zero-order valence-corrected chi connectivity index (χ0v) is 15.5. The number of rotatable bonds is 8. The lowest BCUT2D eigenvalue weighted by Crippen LogP contribution is -2.14. The van der Waals surface area contributed by atoms with Gasteiger partial charge in [0.15, 0.2) is 11.5 Å². The van der Waals surface area contributed by atoms with Gasteiger partial charge in [0.05, 0.1) is 14.2 Å². The van der Waals surface area contributed by atoms with Crippen molar-refractivity contribution in [3.8, 4) is 11.5 Å². The van der Waals surface area contributed by atoms with E-state index < -0.39 is 0 Å². The fourth-order valence-electron chi connectivity index (χ4n) is 2.77. The molecule has 0 radical (unpaired) electrons. The highest BCUT2D eigenvalue weighted by Gasteiger charge is 2.11. The topological polar surface area (TPSA) is 47.6 Å². The summed E-state index contributed by atoms with van der Waals surface area (Å²) >= 11 is 0. The van der Waals surface area contributed by atoms with Gasteiger partial charge < -0.3 is 14.8 Å². The molecule has 2 aromatic carbocycles. The van der Waals surface area contributed by atoms with E-state index >= 15 is 0 Å². The van der Waals surface area contributed by atoms with Gasteiger partial charge in [-0.3, -0.25) is 4.79 Å². The fraction of sp³-hybridized carbons (Fsp3) is 0.381. The van der Waals surface area contributed by atoms with Crippen LogP contribution in [-0.4, -0.2) is 20.1 Å². The van der Waals surface area contributed by atoms with Crippen LogP contribution in [0, 0.1) is 0 Å². The van der Waals surface area contributed by atoms with E-state index in [9.17, 15) is 4.79 Å². The highest BCUT2D eigenvalue weighted by atomic mass is 16.5. The number of hydrogen-bond acceptors (Lipinski definition) is 3. The van der Waals surface area contributed by atoms with E-state index in [1.165, 1.54) is 5.56 Å². The van der Waals surface area contributed by atoms with Crippen molar-refractivity contribution in [3.05, 3.63) is 53.6 Å². The molecule has 1 amide bonds. The summed E-state index contributed by atoms with van der Waals surface area (Å²) in [6.45, 7) is 4.33. The zero-order valence-electron chi connectivity index (χ0n) is 15.5. The molecule has 4 heteroatoms. The number of amides is 1. The first-order valence-corrected chi connectivity index (χ1v) is 8.68. The molecule has 0 aliphatic carbocycles. The van der Waals surface area contributed by atoms with E-state index in [4.69, 9.17) is 9.47 Å². The smallest absolute Gasteiger partial charge is 0.224 e. The summed E-state index contributed by atoms with van der Waals surface area (Å²) in [5.74, 6) is 1.81. The lowest BCUT2D eigenvalue weighted by molar-refractivity contribution is -0.116. The SMILES string of the molecule is CC[C@H](C)c1ccccc1NC(=O)CCc1ccc(OC)c(OC)c1. The molecule has 0 saturated carbocycles. The number of anilines is 1. The summed E-state index contributed by atoms with van der Waals surface area (Å²) in [5.41, 5.74) is 3.14. The van der Waals surface area contributed by atoms with Gasteiger partial charge in [0.25, 0.3) is 0 Å². The number of carbonyl (C=O) groups is 1. The molecule has 0 aliphatic rings. The predicted octanol–water partition coefficient (Wildman–Crippen LogP) is 4.79. The van der Waals surface area contributed by atoms with Crippen molar-refractivity contribution in [3.63, 3.8) is 0 Å². The second kappa shape index (κ2) is 9.11. The number of para-hydroxylation sites is 1. The van der Waals surface area contributed by atoms with Crippen LogP contribution in [0.25, 0.3) is 0 Å². The van der Waals surface area contributed by atoms with Crippen molar-refractivity contribution in [1.29, 1.82) is 0 Å². The molecule has 0 spiro atoms. The van der Waals surface area contributed by atoms with Gasteiger partial charge in [-0.1, -0.05) is 38.1 Å². The molecule has 2 rings (SSSR count). The largest absolute Gasteiger partial charge is 0.493 e. The van der Waals surface area contributed by atoms with Crippen LogP contribution in [0.15, 0.2) is 42.5 Å². The average Bonchev–Trinajstić information content (AvgIpc) is 2.65. The molecular formula is C21H27NO3. The number of hydrogen-bond donors (Lipinski definition) is 1. The summed E-state index contributed by atoms with van der Waals surface area (Å²) in [5, 5.41) is 3.05. The van der Waals surface area contributed by atoms with Gasteiger partial charge in [-0.2, -0.15) is 0 Å². The van der Waals surface area contributed by atoms with E-state index in [0.29, 0.717) is 30.3 Å². The van der Waals surface area contributed by atoms with Gasteiger partial charge in [0.1, 0.15) is 0 Å². The van der Waals surface area contributed by atoms with Crippen LogP contribution >= 0.6 is 0 Å². The Kier molecular flexibility index (Phi) is 6.87. The van der Waals surface area contributed by atoms with Crippen LogP contribution in [0.3, 0.4) is 0 Å². The predicted molar refractivity (Wildman–Crippen MR) is 102 cm³/mol. The van der Waals surface area contributed by atoms with Gasteiger partial charge in [0, 0.05) is 12.1 Å². The Morgan fingerprint density at radius 1 is 1.08 bits per heavy atom. The number of aryl methyl sites for hydroxylation is 1. The number of nitrogens with one attached hydrogen (secondary N) is 1. The van der Waals surface area contributed by atoms with E-state index in [1.54, 1.807) is 14.2 Å². The monoisotopic (exact) mass is 341 g/mol. The highest BCUT2D eigenvalue weighted by Crippen LogP contribution is 2.29. The molecule has 1 N–H and O–H groups in total. The zero-order chi connectivity index (χ0) is 18.2. The molecular weight excluding hydrogens is 314 g/mol. The normalized spacial score (nSPS) is 11.7. The molecule has 25 heavy (non-hydrogen) atoms. The van der Waals surface area contributed by atoms with Crippen molar-refractivity contribution in [1.82, 2.24) is 0 Å². The minimum Gasteiger partial charge on any atom is -0.493 e. The van der Waals surface area contributed by atoms with Crippen LogP contribution in [-0.2, 0) is 11.2 Å². The Morgan fingerprint density at radius 3 is 2.48 bits per heavy atom. The average molecular weight is 341 g/mol. The van der Waals surface area contributed by atoms with Crippen LogP contribution < -0.4 is 14.8 Å². The first-order valence-electron chi connectivity index (χ1n) is 8.68. The standard InChI is InChI=1S/C21H27NO3/c1-5-15(2)17-8-6-7-9-18(17)22-21(23)13-11-16-10-12-19(24-3)20(14-16)25-4/h6-10,12,14-15H,5,11,13H2,1-4H3,(H,22,23)/t15-/m0/s1. The van der Waals surface area contributed by atoms with E-state index in [-0.39, 0.29) is 5.91 Å². The minimum absolute atomic E-state index is 0.0190. The summed E-state index contributed by atoms with van der Waals surface area (Å²) < 4.78 is 10.5. The number of carbonyl (C=O) groups excluding carboxylic acids is 1. The van der Waals surface area contributed by atoms with Gasteiger partial charge in [0.2, 0.25) is 5.91 Å². The van der Waals surface area contributed by atoms with Crippen molar-refractivity contribution in [2.45, 2.75) is 39.0 Å². The maximum atomic E-state index is 12.4.